The van der Waals surface area contributed by atoms with Crippen LogP contribution >= 0.6 is 0 Å². The van der Waals surface area contributed by atoms with E-state index in [2.05, 4.69) is 52.5 Å². The van der Waals surface area contributed by atoms with E-state index < -0.39 is 11.7 Å². The van der Waals surface area contributed by atoms with E-state index >= 15 is 0 Å². The molecule has 0 radical (unpaired) electrons. The first-order valence-corrected chi connectivity index (χ1v) is 9.74. The lowest BCUT2D eigenvalue weighted by molar-refractivity contribution is 0.157. The number of halogens is 2. The summed E-state index contributed by atoms with van der Waals surface area (Å²) in [6, 6.07) is 0. The van der Waals surface area contributed by atoms with Crippen LogP contribution in [0.5, 0.6) is 0 Å². The first-order chi connectivity index (χ1) is 12.1. The van der Waals surface area contributed by atoms with Crippen molar-refractivity contribution >= 4 is 0 Å². The zero-order valence-electron chi connectivity index (χ0n) is 17.5. The molecule has 26 heavy (non-hydrogen) atoms. The van der Waals surface area contributed by atoms with Crippen LogP contribution in [0.1, 0.15) is 66.7 Å². The number of hydrogen-bond acceptors (Lipinski definition) is 2. The second-order valence-corrected chi connectivity index (χ2v) is 7.72. The fraction of sp³-hybridized carbons (Fsp3) is 0.727. The third-order valence-electron chi connectivity index (χ3n) is 5.37. The van der Waals surface area contributed by atoms with E-state index in [0.29, 0.717) is 18.4 Å². The molecule has 4 unspecified atom stereocenters. The van der Waals surface area contributed by atoms with Gasteiger partial charge in [0, 0.05) is 0 Å². The minimum Gasteiger partial charge on any atom is -0.494 e. The van der Waals surface area contributed by atoms with E-state index in [-0.39, 0.29) is 17.4 Å². The summed E-state index contributed by atoms with van der Waals surface area (Å²) in [5.74, 6) is -0.642. The fourth-order valence-corrected chi connectivity index (χ4v) is 2.59. The van der Waals surface area contributed by atoms with Crippen molar-refractivity contribution in [2.75, 3.05) is 13.7 Å². The van der Waals surface area contributed by atoms with Gasteiger partial charge in [0.2, 0.25) is 11.7 Å². The van der Waals surface area contributed by atoms with Crippen LogP contribution in [0.2, 0.25) is 0 Å². The zero-order chi connectivity index (χ0) is 20.3. The van der Waals surface area contributed by atoms with Gasteiger partial charge in [0.25, 0.3) is 0 Å². The van der Waals surface area contributed by atoms with Gasteiger partial charge in [0.15, 0.2) is 11.5 Å². The molecule has 152 valence electrons. The number of allylic oxidation sites excluding steroid dienone is 2. The Labute approximate surface area is 159 Å². The van der Waals surface area contributed by atoms with Crippen LogP contribution in [-0.4, -0.2) is 13.7 Å². The molecule has 0 bridgehead atoms. The maximum atomic E-state index is 13.8. The van der Waals surface area contributed by atoms with Gasteiger partial charge in [-0.15, -0.1) is 0 Å². The normalized spacial score (nSPS) is 16.9. The molecular formula is C22H38F2O2. The standard InChI is InChI=1S/C22H38F2O2/c1-9-15(2)10-12-17(4)18(5)13-11-16(3)14-26-20(7)22(24)21(23)19(6)25-8/h15-18H,6-7,9-14H2,1-5,8H3/b22-21-. The Morgan fingerprint density at radius 3 is 1.73 bits per heavy atom. The van der Waals surface area contributed by atoms with Gasteiger partial charge in [-0.25, -0.2) is 0 Å². The van der Waals surface area contributed by atoms with E-state index in [0.717, 1.165) is 18.8 Å². The van der Waals surface area contributed by atoms with Crippen molar-refractivity contribution < 1.29 is 18.3 Å². The van der Waals surface area contributed by atoms with Crippen molar-refractivity contribution in [3.8, 4) is 0 Å². The van der Waals surface area contributed by atoms with Gasteiger partial charge < -0.3 is 9.47 Å². The molecule has 0 aromatic heterocycles. The highest BCUT2D eigenvalue weighted by atomic mass is 19.2. The summed E-state index contributed by atoms with van der Waals surface area (Å²) in [6.45, 7) is 18.2. The van der Waals surface area contributed by atoms with Crippen LogP contribution < -0.4 is 0 Å². The Kier molecular flexibility index (Phi) is 12.3. The second kappa shape index (κ2) is 12.9. The lowest BCUT2D eigenvalue weighted by atomic mass is 9.84. The summed E-state index contributed by atoms with van der Waals surface area (Å²) < 4.78 is 37.3. The van der Waals surface area contributed by atoms with Crippen molar-refractivity contribution in [3.05, 3.63) is 36.3 Å². The molecule has 0 aromatic carbocycles. The van der Waals surface area contributed by atoms with Crippen molar-refractivity contribution in [1.29, 1.82) is 0 Å². The van der Waals surface area contributed by atoms with Crippen LogP contribution in [0.3, 0.4) is 0 Å². The van der Waals surface area contributed by atoms with E-state index in [1.165, 1.54) is 26.4 Å². The SMILES string of the molecule is C=C(OC)/C(F)=C(/F)C(=C)OCC(C)CCC(C)C(C)CCC(C)CC. The molecule has 0 aliphatic heterocycles. The Bertz CT molecular complexity index is 471. The van der Waals surface area contributed by atoms with E-state index in [4.69, 9.17) is 4.74 Å². The van der Waals surface area contributed by atoms with Crippen molar-refractivity contribution in [2.45, 2.75) is 66.7 Å². The predicted octanol–water partition coefficient (Wildman–Crippen LogP) is 7.34. The zero-order valence-corrected chi connectivity index (χ0v) is 17.5. The summed E-state index contributed by atoms with van der Waals surface area (Å²) in [4.78, 5) is 0. The molecule has 0 aliphatic carbocycles. The molecule has 0 rings (SSSR count). The molecule has 0 saturated heterocycles. The summed E-state index contributed by atoms with van der Waals surface area (Å²) in [7, 11) is 1.23. The largest absolute Gasteiger partial charge is 0.494 e. The lowest BCUT2D eigenvalue weighted by Gasteiger charge is -2.23. The molecular weight excluding hydrogens is 334 g/mol. The quantitative estimate of drug-likeness (QED) is 0.234. The van der Waals surface area contributed by atoms with Gasteiger partial charge in [-0.05, 0) is 30.1 Å². The molecule has 0 aliphatic rings. The van der Waals surface area contributed by atoms with Gasteiger partial charge in [0.05, 0.1) is 13.7 Å². The summed E-state index contributed by atoms with van der Waals surface area (Å²) in [5, 5.41) is 0. The molecule has 4 heteroatoms. The van der Waals surface area contributed by atoms with Crippen LogP contribution in [0.15, 0.2) is 36.3 Å². The second-order valence-electron chi connectivity index (χ2n) is 7.72. The highest BCUT2D eigenvalue weighted by Gasteiger charge is 2.17. The van der Waals surface area contributed by atoms with Gasteiger partial charge >= 0.3 is 0 Å². The number of ether oxygens (including phenoxy) is 2. The molecule has 2 nitrogen and oxygen atoms in total. The summed E-state index contributed by atoms with van der Waals surface area (Å²) >= 11 is 0. The fourth-order valence-electron chi connectivity index (χ4n) is 2.59. The van der Waals surface area contributed by atoms with Crippen molar-refractivity contribution in [1.82, 2.24) is 0 Å². The number of hydrogen-bond donors (Lipinski definition) is 0. The van der Waals surface area contributed by atoms with Crippen LogP contribution in [0.25, 0.3) is 0 Å². The maximum Gasteiger partial charge on any atom is 0.203 e. The molecule has 0 amide bonds. The minimum absolute atomic E-state index is 0.248. The van der Waals surface area contributed by atoms with Crippen LogP contribution in [0, 0.1) is 23.7 Å². The maximum absolute atomic E-state index is 13.8. The van der Waals surface area contributed by atoms with Gasteiger partial charge in [-0.1, -0.05) is 73.5 Å². The Morgan fingerprint density at radius 1 is 0.808 bits per heavy atom. The summed E-state index contributed by atoms with van der Waals surface area (Å²) in [5.41, 5.74) is 0. The van der Waals surface area contributed by atoms with Crippen molar-refractivity contribution in [3.63, 3.8) is 0 Å². The molecule has 0 aromatic rings. The van der Waals surface area contributed by atoms with E-state index in [1.807, 2.05) is 0 Å². The van der Waals surface area contributed by atoms with Crippen LogP contribution in [0.4, 0.5) is 8.78 Å². The van der Waals surface area contributed by atoms with Gasteiger partial charge in [-0.3, -0.25) is 0 Å². The third kappa shape index (κ3) is 9.40. The van der Waals surface area contributed by atoms with Crippen molar-refractivity contribution in [2.24, 2.45) is 23.7 Å². The number of rotatable bonds is 14. The molecule has 0 N–H and O–H groups in total. The van der Waals surface area contributed by atoms with Gasteiger partial charge in [-0.2, -0.15) is 8.78 Å². The van der Waals surface area contributed by atoms with E-state index in [9.17, 15) is 8.78 Å². The monoisotopic (exact) mass is 372 g/mol. The molecule has 4 atom stereocenters. The first kappa shape index (κ1) is 24.7. The highest BCUT2D eigenvalue weighted by Crippen LogP contribution is 2.27. The number of methoxy groups -OCH3 is 1. The molecule has 0 heterocycles. The Balaban J connectivity index is 4.24. The van der Waals surface area contributed by atoms with E-state index in [1.54, 1.807) is 0 Å². The molecule has 0 saturated carbocycles. The Hall–Kier alpha value is -1.32. The topological polar surface area (TPSA) is 18.5 Å². The average molecular weight is 373 g/mol. The van der Waals surface area contributed by atoms with Gasteiger partial charge in [0.1, 0.15) is 0 Å². The minimum atomic E-state index is -1.17. The molecule has 0 spiro atoms. The lowest BCUT2D eigenvalue weighted by Crippen LogP contribution is -2.13. The summed E-state index contributed by atoms with van der Waals surface area (Å²) in [6.07, 6.45) is 5.87. The predicted molar refractivity (Wildman–Crippen MR) is 106 cm³/mol. The smallest absolute Gasteiger partial charge is 0.203 e. The highest BCUT2D eigenvalue weighted by molar-refractivity contribution is 5.29. The first-order valence-electron chi connectivity index (χ1n) is 9.74. The Morgan fingerprint density at radius 2 is 1.27 bits per heavy atom. The van der Waals surface area contributed by atoms with Crippen LogP contribution in [-0.2, 0) is 9.47 Å². The third-order valence-corrected chi connectivity index (χ3v) is 5.37. The molecule has 0 fully saturated rings. The average Bonchev–Trinajstić information content (AvgIpc) is 2.65.